The normalized spacial score (nSPS) is 13.0. The molecule has 2 N–H and O–H groups in total. The first-order chi connectivity index (χ1) is 8.06. The van der Waals surface area contributed by atoms with Crippen LogP contribution >= 0.6 is 0 Å². The molecule has 1 rings (SSSR count). The van der Waals surface area contributed by atoms with E-state index in [0.29, 0.717) is 0 Å². The van der Waals surface area contributed by atoms with Gasteiger partial charge in [-0.25, -0.2) is 0 Å². The Labute approximate surface area is 105 Å². The molecule has 1 aromatic rings. The van der Waals surface area contributed by atoms with E-state index >= 15 is 0 Å². The van der Waals surface area contributed by atoms with Gasteiger partial charge in [-0.05, 0) is 58.7 Å². The molecule has 3 heteroatoms. The Balaban J connectivity index is 2.37. The van der Waals surface area contributed by atoms with E-state index in [4.69, 9.17) is 5.11 Å². The van der Waals surface area contributed by atoms with E-state index in [2.05, 4.69) is 36.7 Å². The Morgan fingerprint density at radius 1 is 1.41 bits per heavy atom. The summed E-state index contributed by atoms with van der Waals surface area (Å²) in [5, 5.41) is 12.6. The molecule has 0 radical (unpaired) electrons. The molecule has 0 aliphatic heterocycles. The van der Waals surface area contributed by atoms with Crippen molar-refractivity contribution in [3.8, 4) is 0 Å². The maximum atomic E-state index is 9.15. The van der Waals surface area contributed by atoms with Crippen LogP contribution in [-0.2, 0) is 13.1 Å². The van der Waals surface area contributed by atoms with Gasteiger partial charge >= 0.3 is 0 Å². The summed E-state index contributed by atoms with van der Waals surface area (Å²) in [6.07, 6.45) is 1.73. The molecule has 0 aliphatic rings. The van der Waals surface area contributed by atoms with Crippen LogP contribution in [0, 0.1) is 13.8 Å². The van der Waals surface area contributed by atoms with Gasteiger partial charge in [0.25, 0.3) is 0 Å². The van der Waals surface area contributed by atoms with Gasteiger partial charge in [0.2, 0.25) is 0 Å². The fourth-order valence-electron chi connectivity index (χ4n) is 2.28. The van der Waals surface area contributed by atoms with Crippen LogP contribution in [0.5, 0.6) is 0 Å². The predicted molar refractivity (Wildman–Crippen MR) is 72.2 cm³/mol. The Hall–Kier alpha value is -0.800. The summed E-state index contributed by atoms with van der Waals surface area (Å²) in [5.74, 6) is 0. The van der Waals surface area contributed by atoms with Gasteiger partial charge in [0.1, 0.15) is 0 Å². The minimum Gasteiger partial charge on any atom is -0.393 e. The second kappa shape index (κ2) is 6.82. The molecule has 1 unspecified atom stereocenters. The molecule has 0 spiro atoms. The van der Waals surface area contributed by atoms with Crippen molar-refractivity contribution >= 4 is 0 Å². The SMILES string of the molecule is CCn1c(C)cc(CNCCCC(C)O)c1C. The van der Waals surface area contributed by atoms with Crippen LogP contribution in [0.1, 0.15) is 43.6 Å². The largest absolute Gasteiger partial charge is 0.393 e. The van der Waals surface area contributed by atoms with Gasteiger partial charge in [0, 0.05) is 24.5 Å². The maximum absolute atomic E-state index is 9.15. The maximum Gasteiger partial charge on any atom is 0.0512 e. The van der Waals surface area contributed by atoms with Gasteiger partial charge in [0.15, 0.2) is 0 Å². The topological polar surface area (TPSA) is 37.2 Å². The number of aliphatic hydroxyl groups is 1. The van der Waals surface area contributed by atoms with Crippen molar-refractivity contribution in [2.75, 3.05) is 6.54 Å². The highest BCUT2D eigenvalue weighted by Crippen LogP contribution is 2.14. The molecule has 98 valence electrons. The second-order valence-corrected chi connectivity index (χ2v) is 4.81. The third-order valence-electron chi connectivity index (χ3n) is 3.29. The average Bonchev–Trinajstić information content (AvgIpc) is 2.53. The van der Waals surface area contributed by atoms with E-state index in [9.17, 15) is 0 Å². The lowest BCUT2D eigenvalue weighted by molar-refractivity contribution is 0.181. The standard InChI is InChI=1S/C14H26N2O/c1-5-16-11(2)9-14(13(16)4)10-15-8-6-7-12(3)17/h9,12,15,17H,5-8,10H2,1-4H3. The molecule has 0 saturated carbocycles. The van der Waals surface area contributed by atoms with Gasteiger partial charge in [-0.2, -0.15) is 0 Å². The lowest BCUT2D eigenvalue weighted by atomic mass is 10.2. The minimum absolute atomic E-state index is 0.179. The molecular weight excluding hydrogens is 212 g/mol. The van der Waals surface area contributed by atoms with E-state index in [1.807, 2.05) is 6.92 Å². The van der Waals surface area contributed by atoms with Crippen molar-refractivity contribution in [1.29, 1.82) is 0 Å². The van der Waals surface area contributed by atoms with Crippen LogP contribution in [0.2, 0.25) is 0 Å². The first kappa shape index (κ1) is 14.3. The number of aliphatic hydroxyl groups excluding tert-OH is 1. The molecule has 1 aromatic heterocycles. The molecule has 1 heterocycles. The number of hydrogen-bond acceptors (Lipinski definition) is 2. The molecule has 0 bridgehead atoms. The van der Waals surface area contributed by atoms with Crippen molar-refractivity contribution in [1.82, 2.24) is 9.88 Å². The minimum atomic E-state index is -0.179. The van der Waals surface area contributed by atoms with E-state index in [0.717, 1.165) is 32.5 Å². The predicted octanol–water partition coefficient (Wildman–Crippen LogP) is 2.38. The van der Waals surface area contributed by atoms with Crippen LogP contribution in [0.4, 0.5) is 0 Å². The van der Waals surface area contributed by atoms with E-state index in [-0.39, 0.29) is 6.10 Å². The van der Waals surface area contributed by atoms with Gasteiger partial charge < -0.3 is 15.0 Å². The van der Waals surface area contributed by atoms with Crippen molar-refractivity contribution in [3.05, 3.63) is 23.0 Å². The van der Waals surface area contributed by atoms with Gasteiger partial charge in [-0.1, -0.05) is 0 Å². The summed E-state index contributed by atoms with van der Waals surface area (Å²) in [6, 6.07) is 2.26. The number of aryl methyl sites for hydroxylation is 1. The molecule has 0 fully saturated rings. The number of nitrogens with one attached hydrogen (secondary N) is 1. The highest BCUT2D eigenvalue weighted by molar-refractivity contribution is 5.26. The summed E-state index contributed by atoms with van der Waals surface area (Å²) in [5.41, 5.74) is 4.10. The summed E-state index contributed by atoms with van der Waals surface area (Å²) in [7, 11) is 0. The Morgan fingerprint density at radius 3 is 2.65 bits per heavy atom. The van der Waals surface area contributed by atoms with Crippen LogP contribution in [0.3, 0.4) is 0 Å². The number of rotatable bonds is 7. The first-order valence-electron chi connectivity index (χ1n) is 6.60. The fourth-order valence-corrected chi connectivity index (χ4v) is 2.28. The van der Waals surface area contributed by atoms with Crippen LogP contribution in [-0.4, -0.2) is 22.3 Å². The number of hydrogen-bond donors (Lipinski definition) is 2. The quantitative estimate of drug-likeness (QED) is 0.716. The Morgan fingerprint density at radius 2 is 2.12 bits per heavy atom. The summed E-state index contributed by atoms with van der Waals surface area (Å²) < 4.78 is 2.34. The van der Waals surface area contributed by atoms with Crippen LogP contribution < -0.4 is 5.32 Å². The highest BCUT2D eigenvalue weighted by atomic mass is 16.3. The van der Waals surface area contributed by atoms with Gasteiger partial charge in [-0.3, -0.25) is 0 Å². The lowest BCUT2D eigenvalue weighted by Gasteiger charge is -2.08. The highest BCUT2D eigenvalue weighted by Gasteiger charge is 2.06. The molecule has 0 amide bonds. The summed E-state index contributed by atoms with van der Waals surface area (Å²) in [4.78, 5) is 0. The molecule has 0 saturated heterocycles. The Bertz CT molecular complexity index is 342. The van der Waals surface area contributed by atoms with E-state index in [1.54, 1.807) is 0 Å². The second-order valence-electron chi connectivity index (χ2n) is 4.81. The molecular formula is C14H26N2O. The van der Waals surface area contributed by atoms with Crippen LogP contribution in [0.25, 0.3) is 0 Å². The fraction of sp³-hybridized carbons (Fsp3) is 0.714. The van der Waals surface area contributed by atoms with Crippen molar-refractivity contribution in [2.45, 2.75) is 59.7 Å². The van der Waals surface area contributed by atoms with Gasteiger partial charge in [-0.15, -0.1) is 0 Å². The molecule has 0 aromatic carbocycles. The first-order valence-corrected chi connectivity index (χ1v) is 6.60. The molecule has 1 atom stereocenters. The third kappa shape index (κ3) is 4.17. The molecule has 0 aliphatic carbocycles. The lowest BCUT2D eigenvalue weighted by Crippen LogP contribution is -2.16. The average molecular weight is 238 g/mol. The Kier molecular flexibility index (Phi) is 5.72. The van der Waals surface area contributed by atoms with E-state index in [1.165, 1.54) is 17.0 Å². The van der Waals surface area contributed by atoms with Crippen molar-refractivity contribution < 1.29 is 5.11 Å². The molecule has 3 nitrogen and oxygen atoms in total. The van der Waals surface area contributed by atoms with E-state index < -0.39 is 0 Å². The zero-order valence-corrected chi connectivity index (χ0v) is 11.6. The smallest absolute Gasteiger partial charge is 0.0512 e. The zero-order valence-electron chi connectivity index (χ0n) is 11.6. The van der Waals surface area contributed by atoms with Crippen molar-refractivity contribution in [3.63, 3.8) is 0 Å². The van der Waals surface area contributed by atoms with Crippen molar-refractivity contribution in [2.24, 2.45) is 0 Å². The van der Waals surface area contributed by atoms with Crippen LogP contribution in [0.15, 0.2) is 6.07 Å². The van der Waals surface area contributed by atoms with Gasteiger partial charge in [0.05, 0.1) is 6.10 Å². The zero-order chi connectivity index (χ0) is 12.8. The monoisotopic (exact) mass is 238 g/mol. The third-order valence-corrected chi connectivity index (χ3v) is 3.29. The number of nitrogens with zero attached hydrogens (tertiary/aromatic N) is 1. The molecule has 17 heavy (non-hydrogen) atoms. The number of aromatic nitrogens is 1. The summed E-state index contributed by atoms with van der Waals surface area (Å²) in [6.45, 7) is 11.3. The summed E-state index contributed by atoms with van der Waals surface area (Å²) >= 11 is 0.